The van der Waals surface area contributed by atoms with Crippen LogP contribution in [0.3, 0.4) is 0 Å². The second-order valence-corrected chi connectivity index (χ2v) is 4.75. The van der Waals surface area contributed by atoms with Crippen molar-refractivity contribution in [2.24, 2.45) is 0 Å². The largest absolute Gasteiger partial charge is 0.494 e. The number of carbonyl (C=O) groups excluding carboxylic acids is 1. The molecule has 112 valence electrons. The minimum absolute atomic E-state index is 0.194. The third-order valence-electron chi connectivity index (χ3n) is 2.69. The zero-order chi connectivity index (χ0) is 15.0. The van der Waals surface area contributed by atoms with Gasteiger partial charge in [-0.3, -0.25) is 9.69 Å². The summed E-state index contributed by atoms with van der Waals surface area (Å²) < 4.78 is 10.5. The Hall–Kier alpha value is -1.59. The summed E-state index contributed by atoms with van der Waals surface area (Å²) in [4.78, 5) is 13.5. The van der Waals surface area contributed by atoms with Gasteiger partial charge in [0.05, 0.1) is 19.3 Å². The Labute approximate surface area is 120 Å². The lowest BCUT2D eigenvalue weighted by atomic mass is 10.3. The van der Waals surface area contributed by atoms with Crippen molar-refractivity contribution in [2.45, 2.75) is 26.4 Å². The monoisotopic (exact) mass is 281 g/mol. The first-order chi connectivity index (χ1) is 9.51. The van der Waals surface area contributed by atoms with Crippen molar-refractivity contribution < 1.29 is 19.4 Å². The zero-order valence-corrected chi connectivity index (χ0v) is 12.3. The van der Waals surface area contributed by atoms with Crippen LogP contribution in [0.2, 0.25) is 0 Å². The summed E-state index contributed by atoms with van der Waals surface area (Å²) in [5, 5.41) is 9.19. The van der Waals surface area contributed by atoms with Crippen molar-refractivity contribution in [3.63, 3.8) is 0 Å². The molecule has 0 aliphatic carbocycles. The number of aliphatic hydroxyl groups excluding tert-OH is 1. The number of hydrogen-bond acceptors (Lipinski definition) is 5. The maximum atomic E-state index is 11.7. The quantitative estimate of drug-likeness (QED) is 0.580. The predicted molar refractivity (Wildman–Crippen MR) is 77.0 cm³/mol. The molecule has 0 spiro atoms. The molecule has 1 aromatic carbocycles. The van der Waals surface area contributed by atoms with Crippen LogP contribution in [0, 0.1) is 0 Å². The zero-order valence-electron chi connectivity index (χ0n) is 12.3. The molecule has 0 heterocycles. The topological polar surface area (TPSA) is 59.0 Å². The molecule has 0 amide bonds. The fourth-order valence-corrected chi connectivity index (χ4v) is 1.64. The van der Waals surface area contributed by atoms with E-state index in [0.717, 1.165) is 5.75 Å². The second-order valence-electron chi connectivity index (χ2n) is 4.75. The summed E-state index contributed by atoms with van der Waals surface area (Å²) in [5.41, 5.74) is 0. The average Bonchev–Trinajstić information content (AvgIpc) is 2.39. The maximum Gasteiger partial charge on any atom is 0.325 e. The molecule has 0 radical (unpaired) electrons. The Morgan fingerprint density at radius 3 is 2.45 bits per heavy atom. The fraction of sp³-hybridized carbons (Fsp3) is 0.533. The average molecular weight is 281 g/mol. The highest BCUT2D eigenvalue weighted by Gasteiger charge is 2.10. The molecule has 1 atom stereocenters. The number of esters is 1. The number of nitrogens with zero attached hydrogens (tertiary/aromatic N) is 1. The Balaban J connectivity index is 2.37. The Morgan fingerprint density at radius 2 is 1.90 bits per heavy atom. The highest BCUT2D eigenvalue weighted by Crippen LogP contribution is 2.17. The molecule has 0 fully saturated rings. The molecule has 5 heteroatoms. The van der Waals surface area contributed by atoms with Gasteiger partial charge in [0.2, 0.25) is 0 Å². The normalized spacial score (nSPS) is 12.2. The Bertz CT molecular complexity index is 403. The molecule has 1 aromatic rings. The minimum atomic E-state index is -0.361. The van der Waals surface area contributed by atoms with Gasteiger partial charge in [-0.25, -0.2) is 0 Å². The summed E-state index contributed by atoms with van der Waals surface area (Å²) in [7, 11) is 1.82. The minimum Gasteiger partial charge on any atom is -0.494 e. The molecule has 1 unspecified atom stereocenters. The molecule has 0 aromatic heterocycles. The maximum absolute atomic E-state index is 11.7. The van der Waals surface area contributed by atoms with E-state index in [9.17, 15) is 9.90 Å². The Kier molecular flexibility index (Phi) is 7.04. The lowest BCUT2D eigenvalue weighted by Gasteiger charge is -2.16. The van der Waals surface area contributed by atoms with Gasteiger partial charge in [0.1, 0.15) is 11.5 Å². The van der Waals surface area contributed by atoms with Gasteiger partial charge in [0, 0.05) is 6.54 Å². The standard InChI is InChI=1S/C15H23NO4/c1-4-19-13-5-7-14(8-6-13)20-15(18)11-16(3)10-9-12(2)17/h5-8,12,17H,4,9-11H2,1-3H3. The van der Waals surface area contributed by atoms with E-state index >= 15 is 0 Å². The highest BCUT2D eigenvalue weighted by molar-refractivity contribution is 5.74. The molecular formula is C15H23NO4. The third kappa shape index (κ3) is 6.54. The van der Waals surface area contributed by atoms with Crippen LogP contribution in [0.4, 0.5) is 0 Å². The van der Waals surface area contributed by atoms with Crippen LogP contribution in [0.25, 0.3) is 0 Å². The molecule has 20 heavy (non-hydrogen) atoms. The third-order valence-corrected chi connectivity index (χ3v) is 2.69. The summed E-state index contributed by atoms with van der Waals surface area (Å²) in [6, 6.07) is 6.95. The molecule has 0 aliphatic rings. The molecule has 0 saturated carbocycles. The molecule has 0 saturated heterocycles. The van der Waals surface area contributed by atoms with Crippen LogP contribution in [0.1, 0.15) is 20.3 Å². The molecule has 0 aliphatic heterocycles. The van der Waals surface area contributed by atoms with E-state index in [1.807, 2.05) is 18.9 Å². The lowest BCUT2D eigenvalue weighted by Crippen LogP contribution is -2.31. The SMILES string of the molecule is CCOc1ccc(OC(=O)CN(C)CCC(C)O)cc1. The summed E-state index contributed by atoms with van der Waals surface area (Å²) >= 11 is 0. The van der Waals surface area contributed by atoms with Gasteiger partial charge in [0.15, 0.2) is 0 Å². The summed E-state index contributed by atoms with van der Waals surface area (Å²) in [6.45, 7) is 5.09. The van der Waals surface area contributed by atoms with Gasteiger partial charge in [-0.15, -0.1) is 0 Å². The van der Waals surface area contributed by atoms with E-state index < -0.39 is 0 Å². The van der Waals surface area contributed by atoms with E-state index in [2.05, 4.69) is 0 Å². The number of rotatable bonds is 8. The first-order valence-electron chi connectivity index (χ1n) is 6.81. The first kappa shape index (κ1) is 16.5. The molecule has 0 bridgehead atoms. The molecule has 1 rings (SSSR count). The van der Waals surface area contributed by atoms with Crippen LogP contribution in [-0.4, -0.2) is 48.8 Å². The molecule has 5 nitrogen and oxygen atoms in total. The van der Waals surface area contributed by atoms with E-state index in [0.29, 0.717) is 25.3 Å². The van der Waals surface area contributed by atoms with E-state index in [1.165, 1.54) is 0 Å². The van der Waals surface area contributed by atoms with Gasteiger partial charge < -0.3 is 14.6 Å². The van der Waals surface area contributed by atoms with E-state index in [4.69, 9.17) is 9.47 Å². The first-order valence-corrected chi connectivity index (χ1v) is 6.81. The molecule has 1 N–H and O–H groups in total. The van der Waals surface area contributed by atoms with Gasteiger partial charge in [-0.1, -0.05) is 0 Å². The van der Waals surface area contributed by atoms with Crippen LogP contribution < -0.4 is 9.47 Å². The molecular weight excluding hydrogens is 258 g/mol. The van der Waals surface area contributed by atoms with Crippen molar-refractivity contribution in [1.82, 2.24) is 4.90 Å². The van der Waals surface area contributed by atoms with E-state index in [-0.39, 0.29) is 18.6 Å². The van der Waals surface area contributed by atoms with Crippen LogP contribution in [-0.2, 0) is 4.79 Å². The Morgan fingerprint density at radius 1 is 1.30 bits per heavy atom. The number of likely N-dealkylation sites (N-methyl/N-ethyl adjacent to an activating group) is 1. The van der Waals surface area contributed by atoms with Gasteiger partial charge in [-0.05, 0) is 51.6 Å². The smallest absolute Gasteiger partial charge is 0.325 e. The predicted octanol–water partition coefficient (Wildman–Crippen LogP) is 1.69. The van der Waals surface area contributed by atoms with Crippen molar-refractivity contribution in [1.29, 1.82) is 0 Å². The second kappa shape index (κ2) is 8.55. The van der Waals surface area contributed by atoms with Crippen molar-refractivity contribution in [3.8, 4) is 11.5 Å². The van der Waals surface area contributed by atoms with Crippen molar-refractivity contribution in [3.05, 3.63) is 24.3 Å². The number of aliphatic hydroxyl groups is 1. The highest BCUT2D eigenvalue weighted by atomic mass is 16.5. The summed E-state index contributed by atoms with van der Waals surface area (Å²) in [5.74, 6) is 0.936. The van der Waals surface area contributed by atoms with Crippen molar-refractivity contribution >= 4 is 5.97 Å². The number of carbonyl (C=O) groups is 1. The van der Waals surface area contributed by atoms with Gasteiger partial charge in [0.25, 0.3) is 0 Å². The van der Waals surface area contributed by atoms with Crippen LogP contribution >= 0.6 is 0 Å². The van der Waals surface area contributed by atoms with Crippen LogP contribution in [0.15, 0.2) is 24.3 Å². The van der Waals surface area contributed by atoms with Gasteiger partial charge in [-0.2, -0.15) is 0 Å². The van der Waals surface area contributed by atoms with Gasteiger partial charge >= 0.3 is 5.97 Å². The lowest BCUT2D eigenvalue weighted by molar-refractivity contribution is -0.135. The van der Waals surface area contributed by atoms with Crippen LogP contribution in [0.5, 0.6) is 11.5 Å². The fourth-order valence-electron chi connectivity index (χ4n) is 1.64. The number of hydrogen-bond donors (Lipinski definition) is 1. The number of ether oxygens (including phenoxy) is 2. The number of benzene rings is 1. The summed E-state index contributed by atoms with van der Waals surface area (Å²) in [6.07, 6.45) is 0.270. The van der Waals surface area contributed by atoms with Crippen molar-refractivity contribution in [2.75, 3.05) is 26.7 Å². The van der Waals surface area contributed by atoms with E-state index in [1.54, 1.807) is 31.2 Å².